The number of amides is 3. The van der Waals surface area contributed by atoms with Crippen LogP contribution in [0.25, 0.3) is 11.1 Å². The lowest BCUT2D eigenvalue weighted by molar-refractivity contribution is -0.132. The lowest BCUT2D eigenvalue weighted by Gasteiger charge is -2.34. The van der Waals surface area contributed by atoms with Crippen LogP contribution in [0.15, 0.2) is 33.5 Å². The van der Waals surface area contributed by atoms with Crippen LogP contribution in [0.5, 0.6) is 0 Å². The number of urea groups is 1. The van der Waals surface area contributed by atoms with Gasteiger partial charge in [-0.25, -0.2) is 9.59 Å². The van der Waals surface area contributed by atoms with Gasteiger partial charge in [0, 0.05) is 45.7 Å². The van der Waals surface area contributed by atoms with Crippen molar-refractivity contribution in [1.29, 1.82) is 0 Å². The normalized spacial score (nSPS) is 14.8. The van der Waals surface area contributed by atoms with Crippen molar-refractivity contribution in [3.05, 3.63) is 34.8 Å². The number of rotatable bonds is 4. The number of oxazole rings is 1. The summed E-state index contributed by atoms with van der Waals surface area (Å²) in [7, 11) is 0. The summed E-state index contributed by atoms with van der Waals surface area (Å²) in [5, 5.41) is 2.76. The predicted molar refractivity (Wildman–Crippen MR) is 92.3 cm³/mol. The number of aromatic nitrogens is 1. The Morgan fingerprint density at radius 3 is 2.52 bits per heavy atom. The van der Waals surface area contributed by atoms with E-state index in [2.05, 4.69) is 5.32 Å². The SMILES string of the molecule is CCNC(=O)N1CCN(C(=O)CCn2c(=O)oc3ccccc32)CC1. The third-order valence-corrected chi connectivity index (χ3v) is 4.37. The van der Waals surface area contributed by atoms with Gasteiger partial charge in [-0.15, -0.1) is 0 Å². The molecule has 0 unspecified atom stereocenters. The molecule has 2 heterocycles. The maximum Gasteiger partial charge on any atom is 0.419 e. The fourth-order valence-electron chi connectivity index (χ4n) is 3.01. The van der Waals surface area contributed by atoms with E-state index < -0.39 is 5.76 Å². The van der Waals surface area contributed by atoms with Gasteiger partial charge in [-0.05, 0) is 19.1 Å². The third kappa shape index (κ3) is 3.67. The zero-order valence-corrected chi connectivity index (χ0v) is 14.2. The Morgan fingerprint density at radius 1 is 1.12 bits per heavy atom. The van der Waals surface area contributed by atoms with Gasteiger partial charge in [0.2, 0.25) is 5.91 Å². The molecular formula is C17H22N4O4. The smallest absolute Gasteiger partial charge is 0.408 e. The summed E-state index contributed by atoms with van der Waals surface area (Å²) < 4.78 is 6.66. The zero-order chi connectivity index (χ0) is 17.8. The Hall–Kier alpha value is -2.77. The minimum Gasteiger partial charge on any atom is -0.408 e. The Kier molecular flexibility index (Phi) is 5.06. The molecule has 1 aromatic carbocycles. The number of aryl methyl sites for hydroxylation is 1. The Bertz CT molecular complexity index is 817. The van der Waals surface area contributed by atoms with Crippen LogP contribution in [-0.2, 0) is 11.3 Å². The Morgan fingerprint density at radius 2 is 1.80 bits per heavy atom. The van der Waals surface area contributed by atoms with Crippen molar-refractivity contribution in [1.82, 2.24) is 19.7 Å². The van der Waals surface area contributed by atoms with E-state index in [1.54, 1.807) is 28.0 Å². The molecule has 8 heteroatoms. The molecule has 1 saturated heterocycles. The highest BCUT2D eigenvalue weighted by atomic mass is 16.4. The number of carbonyl (C=O) groups is 2. The molecule has 1 aliphatic rings. The number of para-hydroxylation sites is 2. The average molecular weight is 346 g/mol. The highest BCUT2D eigenvalue weighted by Crippen LogP contribution is 2.12. The maximum absolute atomic E-state index is 12.4. The number of nitrogens with one attached hydrogen (secondary N) is 1. The van der Waals surface area contributed by atoms with Gasteiger partial charge in [0.25, 0.3) is 0 Å². The van der Waals surface area contributed by atoms with Crippen LogP contribution in [0.3, 0.4) is 0 Å². The average Bonchev–Trinajstić information content (AvgIpc) is 2.95. The second-order valence-electron chi connectivity index (χ2n) is 5.94. The number of piperazine rings is 1. The molecule has 0 spiro atoms. The largest absolute Gasteiger partial charge is 0.419 e. The fraction of sp³-hybridized carbons (Fsp3) is 0.471. The summed E-state index contributed by atoms with van der Waals surface area (Å²) in [4.78, 5) is 39.6. The zero-order valence-electron chi connectivity index (χ0n) is 14.2. The topological polar surface area (TPSA) is 87.8 Å². The highest BCUT2D eigenvalue weighted by molar-refractivity contribution is 5.78. The van der Waals surface area contributed by atoms with Crippen LogP contribution >= 0.6 is 0 Å². The van der Waals surface area contributed by atoms with E-state index in [-0.39, 0.29) is 24.9 Å². The standard InChI is InChI=1S/C17H22N4O4/c1-2-18-16(23)20-11-9-19(10-12-20)15(22)7-8-21-13-5-3-4-6-14(13)25-17(21)24/h3-6H,2,7-12H2,1H3,(H,18,23). The van der Waals surface area contributed by atoms with Gasteiger partial charge in [0.05, 0.1) is 5.52 Å². The maximum atomic E-state index is 12.4. The molecule has 1 N–H and O–H groups in total. The number of carbonyl (C=O) groups excluding carboxylic acids is 2. The molecule has 1 aromatic heterocycles. The molecule has 1 fully saturated rings. The molecular weight excluding hydrogens is 324 g/mol. The molecule has 2 aromatic rings. The number of fused-ring (bicyclic) bond motifs is 1. The van der Waals surface area contributed by atoms with Crippen molar-refractivity contribution in [2.75, 3.05) is 32.7 Å². The van der Waals surface area contributed by atoms with Crippen LogP contribution in [0.4, 0.5) is 4.79 Å². The summed E-state index contributed by atoms with van der Waals surface area (Å²) in [6.45, 7) is 4.81. The first kappa shape index (κ1) is 17.1. The van der Waals surface area contributed by atoms with Crippen LogP contribution < -0.4 is 11.1 Å². The van der Waals surface area contributed by atoms with Crippen molar-refractivity contribution in [2.45, 2.75) is 19.9 Å². The lowest BCUT2D eigenvalue weighted by Crippen LogP contribution is -2.53. The molecule has 8 nitrogen and oxygen atoms in total. The van der Waals surface area contributed by atoms with Gasteiger partial charge in [-0.1, -0.05) is 12.1 Å². The van der Waals surface area contributed by atoms with Crippen molar-refractivity contribution in [3.63, 3.8) is 0 Å². The van der Waals surface area contributed by atoms with E-state index in [4.69, 9.17) is 4.42 Å². The number of hydrogen-bond acceptors (Lipinski definition) is 4. The summed E-state index contributed by atoms with van der Waals surface area (Å²) >= 11 is 0. The summed E-state index contributed by atoms with van der Waals surface area (Å²) in [5.74, 6) is -0.470. The number of hydrogen-bond donors (Lipinski definition) is 1. The molecule has 0 atom stereocenters. The van der Waals surface area contributed by atoms with Crippen molar-refractivity contribution >= 4 is 23.0 Å². The molecule has 25 heavy (non-hydrogen) atoms. The second-order valence-corrected chi connectivity index (χ2v) is 5.94. The van der Waals surface area contributed by atoms with E-state index in [0.717, 1.165) is 0 Å². The van der Waals surface area contributed by atoms with Crippen LogP contribution in [0, 0.1) is 0 Å². The number of nitrogens with zero attached hydrogens (tertiary/aromatic N) is 3. The molecule has 0 bridgehead atoms. The second kappa shape index (κ2) is 7.42. The molecule has 3 amide bonds. The van der Waals surface area contributed by atoms with Crippen molar-refractivity contribution in [2.24, 2.45) is 0 Å². The quantitative estimate of drug-likeness (QED) is 0.889. The predicted octanol–water partition coefficient (Wildman–Crippen LogP) is 0.858. The molecule has 1 aliphatic heterocycles. The van der Waals surface area contributed by atoms with Gasteiger partial charge in [-0.2, -0.15) is 0 Å². The van der Waals surface area contributed by atoms with Gasteiger partial charge in [0.15, 0.2) is 5.58 Å². The summed E-state index contributed by atoms with van der Waals surface area (Å²) in [6.07, 6.45) is 0.227. The van der Waals surface area contributed by atoms with E-state index >= 15 is 0 Å². The van der Waals surface area contributed by atoms with Gasteiger partial charge in [-0.3, -0.25) is 9.36 Å². The minimum absolute atomic E-state index is 0.0206. The molecule has 134 valence electrons. The van der Waals surface area contributed by atoms with Gasteiger partial charge < -0.3 is 19.5 Å². The van der Waals surface area contributed by atoms with Crippen molar-refractivity contribution in [3.8, 4) is 0 Å². The van der Waals surface area contributed by atoms with E-state index in [0.29, 0.717) is 43.8 Å². The van der Waals surface area contributed by atoms with Gasteiger partial charge >= 0.3 is 11.8 Å². The third-order valence-electron chi connectivity index (χ3n) is 4.37. The van der Waals surface area contributed by atoms with E-state index in [1.165, 1.54) is 4.57 Å². The monoisotopic (exact) mass is 346 g/mol. The molecule has 0 aliphatic carbocycles. The highest BCUT2D eigenvalue weighted by Gasteiger charge is 2.23. The summed E-state index contributed by atoms with van der Waals surface area (Å²) in [6, 6.07) is 7.07. The first-order valence-electron chi connectivity index (χ1n) is 8.49. The van der Waals surface area contributed by atoms with Crippen molar-refractivity contribution < 1.29 is 14.0 Å². The van der Waals surface area contributed by atoms with Crippen LogP contribution in [0.1, 0.15) is 13.3 Å². The van der Waals surface area contributed by atoms with E-state index in [1.807, 2.05) is 13.0 Å². The molecule has 0 radical (unpaired) electrons. The first-order valence-corrected chi connectivity index (χ1v) is 8.49. The minimum atomic E-state index is -0.449. The number of benzene rings is 1. The first-order chi connectivity index (χ1) is 12.1. The molecule has 0 saturated carbocycles. The lowest BCUT2D eigenvalue weighted by atomic mass is 10.2. The Balaban J connectivity index is 1.56. The van der Waals surface area contributed by atoms with E-state index in [9.17, 15) is 14.4 Å². The molecule has 3 rings (SSSR count). The Labute approximate surface area is 145 Å². The fourth-order valence-corrected chi connectivity index (χ4v) is 3.01. The van der Waals surface area contributed by atoms with Crippen LogP contribution in [0.2, 0.25) is 0 Å². The van der Waals surface area contributed by atoms with Crippen LogP contribution in [-0.4, -0.2) is 59.0 Å². The summed E-state index contributed by atoms with van der Waals surface area (Å²) in [5.41, 5.74) is 1.22. The van der Waals surface area contributed by atoms with Gasteiger partial charge in [0.1, 0.15) is 0 Å².